The van der Waals surface area contributed by atoms with Gasteiger partial charge in [0.1, 0.15) is 18.8 Å². The van der Waals surface area contributed by atoms with Gasteiger partial charge in [-0.1, -0.05) is 103 Å². The molecule has 0 spiro atoms. The van der Waals surface area contributed by atoms with Gasteiger partial charge in [0.25, 0.3) is 0 Å². The number of ether oxygens (including phenoxy) is 2. The topological polar surface area (TPSA) is 74.2 Å². The summed E-state index contributed by atoms with van der Waals surface area (Å²) in [5, 5.41) is 0. The van der Waals surface area contributed by atoms with Gasteiger partial charge in [-0.3, -0.25) is 9.05 Å². The van der Waals surface area contributed by atoms with E-state index in [-0.39, 0.29) is 13.2 Å². The molecule has 0 bridgehead atoms. The quantitative estimate of drug-likeness (QED) is 0.0677. The van der Waals surface area contributed by atoms with Gasteiger partial charge in [-0.15, -0.1) is 0 Å². The number of hydrogen-bond acceptors (Lipinski definition) is 5. The summed E-state index contributed by atoms with van der Waals surface area (Å²) in [6.45, 7) is 4.81. The Morgan fingerprint density at radius 3 is 1.73 bits per heavy atom. The molecule has 1 heterocycles. The number of phosphoric ester groups is 1. The summed E-state index contributed by atoms with van der Waals surface area (Å²) in [5.41, 5.74) is -0.642. The molecule has 8 heteroatoms. The second-order valence-corrected chi connectivity index (χ2v) is 13.5. The highest BCUT2D eigenvalue weighted by atomic mass is 31.2. The molecule has 1 aliphatic rings. The average Bonchev–Trinajstić information content (AvgIpc) is 3.30. The van der Waals surface area contributed by atoms with Crippen LogP contribution in [0.4, 0.5) is 0 Å². The van der Waals surface area contributed by atoms with Crippen LogP contribution in [-0.2, 0) is 23.1 Å². The third-order valence-corrected chi connectivity index (χ3v) is 8.16. The molecule has 0 aromatic rings. The van der Waals surface area contributed by atoms with Gasteiger partial charge in [0.2, 0.25) is 0 Å². The number of phosphoric acid groups is 1. The smallest absolute Gasteiger partial charge is 0.378 e. The van der Waals surface area contributed by atoms with Gasteiger partial charge in [0.15, 0.2) is 0 Å². The number of quaternary nitrogens is 1. The Morgan fingerprint density at radius 2 is 1.27 bits per heavy atom. The Morgan fingerprint density at radius 1 is 0.757 bits per heavy atom. The third kappa shape index (κ3) is 20.5. The van der Waals surface area contributed by atoms with Crippen molar-refractivity contribution < 1.29 is 32.5 Å². The molecule has 0 aromatic heterocycles. The molecule has 37 heavy (non-hydrogen) atoms. The second-order valence-electron chi connectivity index (χ2n) is 12.1. The lowest BCUT2D eigenvalue weighted by Gasteiger charge is -2.29. The van der Waals surface area contributed by atoms with Crippen molar-refractivity contribution in [1.29, 1.82) is 0 Å². The van der Waals surface area contributed by atoms with Crippen LogP contribution < -0.4 is 0 Å². The van der Waals surface area contributed by atoms with Crippen LogP contribution in [0.5, 0.6) is 0 Å². The van der Waals surface area contributed by atoms with Crippen LogP contribution in [0.2, 0.25) is 0 Å². The van der Waals surface area contributed by atoms with E-state index in [9.17, 15) is 9.46 Å². The molecule has 0 saturated carbocycles. The first kappa shape index (κ1) is 35.0. The van der Waals surface area contributed by atoms with Crippen LogP contribution in [-0.4, -0.2) is 75.7 Å². The Kier molecular flexibility index (Phi) is 19.7. The first-order valence-corrected chi connectivity index (χ1v) is 16.8. The number of likely N-dealkylation sites (N-methyl/N-ethyl adjacent to an activating group) is 1. The van der Waals surface area contributed by atoms with Crippen LogP contribution in [0.25, 0.3) is 0 Å². The van der Waals surface area contributed by atoms with E-state index in [1.165, 1.54) is 96.3 Å². The molecule has 0 amide bonds. The summed E-state index contributed by atoms with van der Waals surface area (Å²) in [7, 11) is 1.92. The van der Waals surface area contributed by atoms with E-state index in [0.717, 1.165) is 19.3 Å². The van der Waals surface area contributed by atoms with Gasteiger partial charge in [0, 0.05) is 13.2 Å². The number of unbranched alkanes of at least 4 members (excludes halogenated alkanes) is 15. The van der Waals surface area contributed by atoms with E-state index in [1.54, 1.807) is 0 Å². The molecule has 1 saturated heterocycles. The molecule has 1 N–H and O–H groups in total. The summed E-state index contributed by atoms with van der Waals surface area (Å²) in [4.78, 5) is 10.0. The molecule has 222 valence electrons. The zero-order valence-electron chi connectivity index (χ0n) is 24.9. The molecule has 0 aromatic carbocycles. The van der Waals surface area contributed by atoms with Gasteiger partial charge in [-0.25, -0.2) is 4.57 Å². The lowest BCUT2D eigenvalue weighted by atomic mass is 10.0. The fourth-order valence-electron chi connectivity index (χ4n) is 4.70. The van der Waals surface area contributed by atoms with E-state index in [1.807, 2.05) is 21.1 Å². The maximum Gasteiger partial charge on any atom is 0.472 e. The second kappa shape index (κ2) is 20.8. The fraction of sp³-hybridized carbons (Fsp3) is 1.00. The summed E-state index contributed by atoms with van der Waals surface area (Å²) in [5.74, 6) is 0. The summed E-state index contributed by atoms with van der Waals surface area (Å²) >= 11 is 0. The van der Waals surface area contributed by atoms with E-state index < -0.39 is 13.4 Å². The maximum atomic E-state index is 12.2. The van der Waals surface area contributed by atoms with Gasteiger partial charge in [-0.05, 0) is 19.3 Å². The Hall–Kier alpha value is -0.0100. The van der Waals surface area contributed by atoms with Crippen molar-refractivity contribution in [2.24, 2.45) is 0 Å². The van der Waals surface area contributed by atoms with Crippen molar-refractivity contribution in [2.45, 2.75) is 128 Å². The van der Waals surface area contributed by atoms with Crippen molar-refractivity contribution in [3.05, 3.63) is 0 Å². The lowest BCUT2D eigenvalue weighted by molar-refractivity contribution is -0.870. The van der Waals surface area contributed by atoms with Gasteiger partial charge >= 0.3 is 7.82 Å². The number of nitrogens with zero attached hydrogens (tertiary/aromatic N) is 1. The SMILES string of the molecule is CCCCCCCCCCCCCCCCCCOC[C@@]1(COP(=O)(O)OCC[N+](C)(C)C)CCCO1. The van der Waals surface area contributed by atoms with E-state index in [2.05, 4.69) is 6.92 Å². The Bertz CT molecular complexity index is 577. The monoisotopic (exact) mass is 550 g/mol. The molecule has 7 nitrogen and oxygen atoms in total. The minimum atomic E-state index is -4.10. The minimum Gasteiger partial charge on any atom is -0.378 e. The molecular weight excluding hydrogens is 489 g/mol. The molecular formula is C29H61NO6P+. The van der Waals surface area contributed by atoms with Crippen molar-refractivity contribution >= 4 is 7.82 Å². The van der Waals surface area contributed by atoms with E-state index >= 15 is 0 Å². The molecule has 1 rings (SSSR count). The van der Waals surface area contributed by atoms with Gasteiger partial charge < -0.3 is 18.9 Å². The minimum absolute atomic E-state index is 0.0180. The summed E-state index contributed by atoms with van der Waals surface area (Å²) < 4.78 is 35.1. The van der Waals surface area contributed by atoms with Crippen molar-refractivity contribution in [2.75, 3.05) is 60.7 Å². The van der Waals surface area contributed by atoms with Crippen LogP contribution in [0.1, 0.15) is 122 Å². The highest BCUT2D eigenvalue weighted by Crippen LogP contribution is 2.45. The van der Waals surface area contributed by atoms with Crippen molar-refractivity contribution in [1.82, 2.24) is 0 Å². The Labute approximate surface area is 229 Å². The Balaban J connectivity index is 1.99. The lowest BCUT2D eigenvalue weighted by Crippen LogP contribution is -2.39. The van der Waals surface area contributed by atoms with Gasteiger partial charge in [-0.2, -0.15) is 0 Å². The molecule has 0 radical (unpaired) electrons. The summed E-state index contributed by atoms with van der Waals surface area (Å²) in [6, 6.07) is 0. The highest BCUT2D eigenvalue weighted by molar-refractivity contribution is 7.47. The van der Waals surface area contributed by atoms with Crippen LogP contribution in [0.3, 0.4) is 0 Å². The highest BCUT2D eigenvalue weighted by Gasteiger charge is 2.39. The fourth-order valence-corrected chi connectivity index (χ4v) is 5.49. The third-order valence-electron chi connectivity index (χ3n) is 7.20. The van der Waals surface area contributed by atoms with Crippen molar-refractivity contribution in [3.8, 4) is 0 Å². The summed E-state index contributed by atoms with van der Waals surface area (Å²) in [6.07, 6.45) is 23.3. The first-order valence-electron chi connectivity index (χ1n) is 15.3. The maximum absolute atomic E-state index is 12.2. The van der Waals surface area contributed by atoms with Crippen molar-refractivity contribution in [3.63, 3.8) is 0 Å². The number of hydrogen-bond donors (Lipinski definition) is 1. The molecule has 0 aliphatic carbocycles. The van der Waals surface area contributed by atoms with Crippen LogP contribution in [0, 0.1) is 0 Å². The predicted octanol–water partition coefficient (Wildman–Crippen LogP) is 7.65. The zero-order valence-corrected chi connectivity index (χ0v) is 25.7. The molecule has 1 unspecified atom stereocenters. The van der Waals surface area contributed by atoms with E-state index in [0.29, 0.717) is 30.8 Å². The van der Waals surface area contributed by atoms with Crippen LogP contribution in [0.15, 0.2) is 0 Å². The zero-order chi connectivity index (χ0) is 27.3. The first-order chi connectivity index (χ1) is 17.7. The predicted molar refractivity (Wildman–Crippen MR) is 153 cm³/mol. The average molecular weight is 551 g/mol. The standard InChI is InChI=1S/C29H60NO6P/c1-5-6-7-8-9-10-11-12-13-14-15-16-17-18-19-20-24-33-27-29(22-21-25-34-29)28-36-37(31,32)35-26-23-30(2,3)4/h5-28H2,1-4H3/p+1/t29-/m1/s1. The number of rotatable bonds is 26. The molecule has 1 aliphatic heterocycles. The largest absolute Gasteiger partial charge is 0.472 e. The van der Waals surface area contributed by atoms with E-state index in [4.69, 9.17) is 18.5 Å². The van der Waals surface area contributed by atoms with Crippen LogP contribution >= 0.6 is 7.82 Å². The molecule has 2 atom stereocenters. The normalized spacial score (nSPS) is 19.9. The van der Waals surface area contributed by atoms with Gasteiger partial charge in [0.05, 0.1) is 34.4 Å². The molecule has 1 fully saturated rings.